The minimum Gasteiger partial charge on any atom is -0.369 e. The second kappa shape index (κ2) is 14.8. The number of aryl methyl sites for hydroxylation is 2. The molecule has 2 saturated heterocycles. The van der Waals surface area contributed by atoms with Crippen molar-refractivity contribution in [3.63, 3.8) is 0 Å². The summed E-state index contributed by atoms with van der Waals surface area (Å²) in [6.07, 6.45) is 4.84. The van der Waals surface area contributed by atoms with Crippen LogP contribution in [0.25, 0.3) is 0 Å². The van der Waals surface area contributed by atoms with Gasteiger partial charge in [-0.25, -0.2) is 0 Å². The number of carbonyl (C=O) groups is 2. The molecule has 1 atom stereocenters. The second-order valence-corrected chi connectivity index (χ2v) is 13.1. The van der Waals surface area contributed by atoms with Crippen LogP contribution in [-0.4, -0.2) is 60.9 Å². The summed E-state index contributed by atoms with van der Waals surface area (Å²) in [5.41, 5.74) is 9.04. The number of amides is 2. The standard InChI is InChI=1S/C33H45Cl2N3O3.ClH/c1-5-23-17-24(6-2)19-25(18-23)20-30(39)38-15-16-41-33(22-38,27-7-8-28(34)29(35)21-27)11-14-37-12-9-26(10-13-37)32(3,4)31(36)40;/h7-8,17-19,21,26H,5-6,9-16,20,22H2,1-4H3,(H2,36,40);1H. The highest BCUT2D eigenvalue weighted by molar-refractivity contribution is 6.42. The van der Waals surface area contributed by atoms with E-state index in [0.29, 0.717) is 42.6 Å². The quantitative estimate of drug-likeness (QED) is 0.325. The van der Waals surface area contributed by atoms with Crippen molar-refractivity contribution in [1.82, 2.24) is 9.80 Å². The Labute approximate surface area is 267 Å². The molecule has 6 nitrogen and oxygen atoms in total. The van der Waals surface area contributed by atoms with E-state index in [0.717, 1.165) is 56.4 Å². The molecule has 2 aromatic carbocycles. The van der Waals surface area contributed by atoms with Crippen LogP contribution in [0.1, 0.15) is 69.2 Å². The van der Waals surface area contributed by atoms with E-state index in [2.05, 4.69) is 36.9 Å². The highest BCUT2D eigenvalue weighted by Gasteiger charge is 2.42. The Morgan fingerprint density at radius 1 is 0.976 bits per heavy atom. The maximum Gasteiger partial charge on any atom is 0.227 e. The predicted molar refractivity (Wildman–Crippen MR) is 174 cm³/mol. The van der Waals surface area contributed by atoms with Crippen molar-refractivity contribution in [2.45, 2.75) is 71.8 Å². The number of nitrogens with two attached hydrogens (primary N) is 1. The van der Waals surface area contributed by atoms with E-state index < -0.39 is 11.0 Å². The maximum atomic E-state index is 13.7. The molecule has 1 unspecified atom stereocenters. The van der Waals surface area contributed by atoms with Gasteiger partial charge in [0.2, 0.25) is 11.8 Å². The van der Waals surface area contributed by atoms with Gasteiger partial charge in [0.15, 0.2) is 0 Å². The number of benzene rings is 2. The van der Waals surface area contributed by atoms with Crippen LogP contribution in [0.15, 0.2) is 36.4 Å². The van der Waals surface area contributed by atoms with Crippen molar-refractivity contribution in [3.05, 3.63) is 68.7 Å². The van der Waals surface area contributed by atoms with Gasteiger partial charge in [0.1, 0.15) is 5.60 Å². The van der Waals surface area contributed by atoms with Gasteiger partial charge >= 0.3 is 0 Å². The first-order valence-corrected chi connectivity index (χ1v) is 15.7. The number of ether oxygens (including phenoxy) is 1. The number of hydrogen-bond donors (Lipinski definition) is 1. The normalized spacial score (nSPS) is 20.3. The van der Waals surface area contributed by atoms with Gasteiger partial charge in [0.25, 0.3) is 0 Å². The second-order valence-electron chi connectivity index (χ2n) is 12.3. The van der Waals surface area contributed by atoms with Crippen molar-refractivity contribution >= 4 is 47.4 Å². The van der Waals surface area contributed by atoms with E-state index in [1.165, 1.54) is 11.1 Å². The maximum absolute atomic E-state index is 13.7. The number of piperidine rings is 1. The van der Waals surface area contributed by atoms with Crippen LogP contribution in [0.5, 0.6) is 0 Å². The van der Waals surface area contributed by atoms with Gasteiger partial charge in [-0.2, -0.15) is 0 Å². The lowest BCUT2D eigenvalue weighted by molar-refractivity contribution is -0.154. The fraction of sp³-hybridized carbons (Fsp3) is 0.576. The van der Waals surface area contributed by atoms with Crippen molar-refractivity contribution in [3.8, 4) is 0 Å². The smallest absolute Gasteiger partial charge is 0.227 e. The zero-order valence-electron chi connectivity index (χ0n) is 25.4. The molecule has 42 heavy (non-hydrogen) atoms. The summed E-state index contributed by atoms with van der Waals surface area (Å²) < 4.78 is 6.56. The lowest BCUT2D eigenvalue weighted by atomic mass is 9.73. The lowest BCUT2D eigenvalue weighted by Crippen LogP contribution is -2.53. The molecule has 9 heteroatoms. The number of halogens is 3. The average molecular weight is 639 g/mol. The van der Waals surface area contributed by atoms with Gasteiger partial charge in [-0.1, -0.05) is 75.2 Å². The molecule has 0 radical (unpaired) electrons. The average Bonchev–Trinajstić information content (AvgIpc) is 2.97. The van der Waals surface area contributed by atoms with Crippen molar-refractivity contribution < 1.29 is 14.3 Å². The summed E-state index contributed by atoms with van der Waals surface area (Å²) >= 11 is 12.8. The molecule has 2 aliphatic rings. The van der Waals surface area contributed by atoms with Crippen LogP contribution in [0.2, 0.25) is 10.0 Å². The van der Waals surface area contributed by atoms with Crippen LogP contribution in [0, 0.1) is 11.3 Å². The molecule has 0 spiro atoms. The third kappa shape index (κ3) is 8.00. The zero-order valence-corrected chi connectivity index (χ0v) is 27.7. The third-order valence-electron chi connectivity index (χ3n) is 9.34. The van der Waals surface area contributed by atoms with Crippen LogP contribution in [0.4, 0.5) is 0 Å². The Balaban J connectivity index is 0.00000484. The molecule has 4 rings (SSSR count). The molecule has 0 aliphatic carbocycles. The van der Waals surface area contributed by atoms with E-state index in [1.807, 2.05) is 36.9 Å². The van der Waals surface area contributed by atoms with Crippen molar-refractivity contribution in [2.24, 2.45) is 17.1 Å². The van der Waals surface area contributed by atoms with Crippen molar-refractivity contribution in [2.75, 3.05) is 39.3 Å². The summed E-state index contributed by atoms with van der Waals surface area (Å²) in [6.45, 7) is 12.3. The first-order valence-electron chi connectivity index (χ1n) is 15.0. The van der Waals surface area contributed by atoms with Crippen molar-refractivity contribution in [1.29, 1.82) is 0 Å². The molecular weight excluding hydrogens is 593 g/mol. The Morgan fingerprint density at radius 3 is 2.17 bits per heavy atom. The fourth-order valence-corrected chi connectivity index (χ4v) is 6.60. The minimum atomic E-state index is -0.689. The molecule has 2 amide bonds. The van der Waals surface area contributed by atoms with Gasteiger partial charge in [-0.3, -0.25) is 9.59 Å². The molecule has 2 aromatic rings. The van der Waals surface area contributed by atoms with E-state index >= 15 is 0 Å². The number of carbonyl (C=O) groups excluding carboxylic acids is 2. The Bertz CT molecular complexity index is 1220. The number of morpholine rings is 1. The van der Waals surface area contributed by atoms with Gasteiger partial charge in [-0.05, 0) is 85.5 Å². The summed E-state index contributed by atoms with van der Waals surface area (Å²) in [6, 6.07) is 12.2. The summed E-state index contributed by atoms with van der Waals surface area (Å²) in [5, 5.41) is 0.976. The molecule has 0 aromatic heterocycles. The minimum absolute atomic E-state index is 0. The van der Waals surface area contributed by atoms with E-state index in [9.17, 15) is 9.59 Å². The van der Waals surface area contributed by atoms with E-state index in [1.54, 1.807) is 0 Å². The molecule has 0 saturated carbocycles. The Kier molecular flexibility index (Phi) is 12.2. The largest absolute Gasteiger partial charge is 0.369 e. The SMILES string of the molecule is CCc1cc(CC)cc(CC(=O)N2CCOC(CCN3CCC(C(C)(C)C(N)=O)CC3)(c3ccc(Cl)c(Cl)c3)C2)c1.Cl. The van der Waals surface area contributed by atoms with Crippen LogP contribution < -0.4 is 5.73 Å². The summed E-state index contributed by atoms with van der Waals surface area (Å²) in [5.74, 6) is 0.156. The zero-order chi connectivity index (χ0) is 29.8. The fourth-order valence-electron chi connectivity index (χ4n) is 6.30. The van der Waals surface area contributed by atoms with Gasteiger partial charge in [0.05, 0.1) is 29.6 Å². The number of primary amides is 1. The highest BCUT2D eigenvalue weighted by Crippen LogP contribution is 2.39. The molecular formula is C33H46Cl3N3O3. The number of rotatable bonds is 10. The summed E-state index contributed by atoms with van der Waals surface area (Å²) in [7, 11) is 0. The van der Waals surface area contributed by atoms with Gasteiger partial charge in [0, 0.05) is 18.5 Å². The van der Waals surface area contributed by atoms with Gasteiger partial charge in [-0.15, -0.1) is 12.4 Å². The van der Waals surface area contributed by atoms with Gasteiger partial charge < -0.3 is 20.3 Å². The van der Waals surface area contributed by atoms with Crippen LogP contribution >= 0.6 is 35.6 Å². The predicted octanol–water partition coefficient (Wildman–Crippen LogP) is 6.45. The monoisotopic (exact) mass is 637 g/mol. The van der Waals surface area contributed by atoms with Crippen LogP contribution in [0.3, 0.4) is 0 Å². The topological polar surface area (TPSA) is 75.9 Å². The third-order valence-corrected chi connectivity index (χ3v) is 10.1. The van der Waals surface area contributed by atoms with Crippen LogP contribution in [-0.2, 0) is 39.2 Å². The van der Waals surface area contributed by atoms with E-state index in [-0.39, 0.29) is 30.1 Å². The number of hydrogen-bond acceptors (Lipinski definition) is 4. The Morgan fingerprint density at radius 2 is 1.60 bits per heavy atom. The highest BCUT2D eigenvalue weighted by atomic mass is 35.5. The molecule has 2 fully saturated rings. The molecule has 0 bridgehead atoms. The first-order chi connectivity index (χ1) is 19.5. The molecule has 232 valence electrons. The first kappa shape index (κ1) is 34.7. The van der Waals surface area contributed by atoms with E-state index in [4.69, 9.17) is 33.7 Å². The Hall–Kier alpha value is -1.83. The lowest BCUT2D eigenvalue weighted by Gasteiger charge is -2.45. The molecule has 2 aliphatic heterocycles. The molecule has 2 heterocycles. The number of likely N-dealkylation sites (tertiary alicyclic amines) is 1. The number of nitrogens with zero attached hydrogens (tertiary/aromatic N) is 2. The summed E-state index contributed by atoms with van der Waals surface area (Å²) in [4.78, 5) is 30.0. The molecule has 2 N–H and O–H groups in total.